The van der Waals surface area contributed by atoms with E-state index in [2.05, 4.69) is 0 Å². The van der Waals surface area contributed by atoms with E-state index in [9.17, 15) is 3.89 Å². The van der Waals surface area contributed by atoms with Crippen LogP contribution in [-0.4, -0.2) is 11.5 Å². The van der Waals surface area contributed by atoms with Crippen molar-refractivity contribution in [1.29, 1.82) is 0 Å². The second kappa shape index (κ2) is 1.82. The molecule has 0 aromatic rings. The van der Waals surface area contributed by atoms with Crippen LogP contribution in [0.5, 0.6) is 0 Å². The number of halogens is 1. The van der Waals surface area contributed by atoms with Gasteiger partial charge in [-0.2, -0.15) is 0 Å². The third-order valence-electron chi connectivity index (χ3n) is 0.982. The van der Waals surface area contributed by atoms with Gasteiger partial charge in [-0.25, -0.2) is 0 Å². The van der Waals surface area contributed by atoms with Crippen molar-refractivity contribution in [3.05, 3.63) is 0 Å². The normalized spacial score (nSPS) is 25.5. The molecule has 0 atom stereocenters. The Hall–Kier alpha value is 0.280. The molecule has 0 unspecified atom stereocenters. The van der Waals surface area contributed by atoms with Gasteiger partial charge in [0.25, 0.3) is 0 Å². The van der Waals surface area contributed by atoms with Gasteiger partial charge in [-0.05, 0) is 0 Å². The lowest BCUT2D eigenvalue weighted by Crippen LogP contribution is -1.90. The quantitative estimate of drug-likeness (QED) is 0.409. The molecule has 0 aliphatic carbocycles. The molecule has 0 radical (unpaired) electrons. The van der Waals surface area contributed by atoms with Crippen LogP contribution >= 0.6 is 0 Å². The largest absolute Gasteiger partial charge is 0.205 e. The van der Waals surface area contributed by atoms with Crippen LogP contribution < -0.4 is 0 Å². The maximum Gasteiger partial charge on any atom is 0.205 e. The van der Waals surface area contributed by atoms with Crippen LogP contribution in [0.2, 0.25) is 0 Å². The van der Waals surface area contributed by atoms with Crippen LogP contribution in [0.3, 0.4) is 0 Å². The minimum Gasteiger partial charge on any atom is 0.000178 e. The van der Waals surface area contributed by atoms with Gasteiger partial charge in [0.15, 0.2) is 0 Å². The fourth-order valence-corrected chi connectivity index (χ4v) is 1.86. The topological polar surface area (TPSA) is 0 Å². The standard InChI is InChI=1S/C4H8FS/c5-6-3-1-2-4-6/h1-4H2/q+1. The zero-order valence-corrected chi connectivity index (χ0v) is 4.43. The summed E-state index contributed by atoms with van der Waals surface area (Å²) in [5.74, 6) is 1.69. The van der Waals surface area contributed by atoms with Crippen molar-refractivity contribution in [2.24, 2.45) is 0 Å². The van der Waals surface area contributed by atoms with Crippen molar-refractivity contribution in [2.45, 2.75) is 12.8 Å². The monoisotopic (exact) mass is 107 g/mol. The molecule has 1 aliphatic heterocycles. The van der Waals surface area contributed by atoms with Gasteiger partial charge in [0, 0.05) is 16.7 Å². The van der Waals surface area contributed by atoms with E-state index in [1.165, 1.54) is 0 Å². The van der Waals surface area contributed by atoms with Gasteiger partial charge in [-0.15, -0.1) is 0 Å². The molecule has 0 aromatic heterocycles. The maximum absolute atomic E-state index is 12.0. The first-order valence-electron chi connectivity index (χ1n) is 2.23. The number of hydrogen-bond donors (Lipinski definition) is 0. The molecule has 0 amide bonds. The van der Waals surface area contributed by atoms with E-state index in [0.29, 0.717) is 0 Å². The van der Waals surface area contributed by atoms with Crippen LogP contribution in [0.4, 0.5) is 3.89 Å². The summed E-state index contributed by atoms with van der Waals surface area (Å²) in [4.78, 5) is 0. The van der Waals surface area contributed by atoms with E-state index in [4.69, 9.17) is 0 Å². The first-order valence-corrected chi connectivity index (χ1v) is 3.69. The van der Waals surface area contributed by atoms with Crippen LogP contribution in [0.1, 0.15) is 12.8 Å². The van der Waals surface area contributed by atoms with Gasteiger partial charge in [0.1, 0.15) is 11.5 Å². The first kappa shape index (κ1) is 4.44. The third-order valence-corrected chi connectivity index (χ3v) is 2.44. The molecule has 1 saturated heterocycles. The van der Waals surface area contributed by atoms with E-state index in [-0.39, 0.29) is 0 Å². The summed E-state index contributed by atoms with van der Waals surface area (Å²) in [7, 11) is 0. The Labute approximate surface area is 40.4 Å². The second-order valence-electron chi connectivity index (χ2n) is 1.54. The van der Waals surface area contributed by atoms with Crippen molar-refractivity contribution >= 4 is 11.3 Å². The highest BCUT2D eigenvalue weighted by Gasteiger charge is 2.23. The molecule has 2 heteroatoms. The molecule has 6 heavy (non-hydrogen) atoms. The predicted molar refractivity (Wildman–Crippen MR) is 27.4 cm³/mol. The van der Waals surface area contributed by atoms with E-state index in [0.717, 1.165) is 24.3 Å². The van der Waals surface area contributed by atoms with Gasteiger partial charge < -0.3 is 0 Å². The van der Waals surface area contributed by atoms with Gasteiger partial charge in [0.2, 0.25) is 11.3 Å². The van der Waals surface area contributed by atoms with Crippen LogP contribution in [-0.2, 0) is 11.3 Å². The van der Waals surface area contributed by atoms with Crippen LogP contribution in [0.15, 0.2) is 0 Å². The van der Waals surface area contributed by atoms with Crippen molar-refractivity contribution in [2.75, 3.05) is 11.5 Å². The summed E-state index contributed by atoms with van der Waals surface area (Å²) >= 11 is -0.673. The molecule has 0 saturated carbocycles. The Morgan fingerprint density at radius 2 is 1.67 bits per heavy atom. The molecule has 1 heterocycles. The zero-order valence-electron chi connectivity index (χ0n) is 3.61. The number of rotatable bonds is 0. The first-order chi connectivity index (χ1) is 2.89. The summed E-state index contributed by atoms with van der Waals surface area (Å²) in [6.07, 6.45) is 2.25. The molecule has 0 spiro atoms. The molecule has 0 bridgehead atoms. The lowest BCUT2D eigenvalue weighted by molar-refractivity contribution is 0.912. The van der Waals surface area contributed by atoms with Crippen LogP contribution in [0, 0.1) is 0 Å². The zero-order chi connectivity index (χ0) is 4.41. The molecule has 1 fully saturated rings. The summed E-state index contributed by atoms with van der Waals surface area (Å²) < 4.78 is 12.0. The highest BCUT2D eigenvalue weighted by Crippen LogP contribution is 2.12. The average Bonchev–Trinajstić information content (AvgIpc) is 1.86. The highest BCUT2D eigenvalue weighted by atomic mass is 32.2. The fourth-order valence-electron chi connectivity index (χ4n) is 0.619. The van der Waals surface area contributed by atoms with Gasteiger partial charge in [-0.3, -0.25) is 0 Å². The molecular weight excluding hydrogens is 99.1 g/mol. The Morgan fingerprint density at radius 3 is 1.83 bits per heavy atom. The van der Waals surface area contributed by atoms with E-state index < -0.39 is 11.3 Å². The molecule has 0 N–H and O–H groups in total. The summed E-state index contributed by atoms with van der Waals surface area (Å²) in [6, 6.07) is 0. The van der Waals surface area contributed by atoms with Gasteiger partial charge in [-0.1, -0.05) is 0 Å². The predicted octanol–water partition coefficient (Wildman–Crippen LogP) is 1.28. The molecular formula is C4H8FS+. The van der Waals surface area contributed by atoms with Crippen molar-refractivity contribution < 1.29 is 3.89 Å². The summed E-state index contributed by atoms with van der Waals surface area (Å²) in [5.41, 5.74) is 0. The minimum absolute atomic E-state index is 0.673. The molecule has 0 nitrogen and oxygen atoms in total. The average molecular weight is 107 g/mol. The Morgan fingerprint density at radius 1 is 1.17 bits per heavy atom. The van der Waals surface area contributed by atoms with E-state index in [1.807, 2.05) is 0 Å². The third kappa shape index (κ3) is 0.869. The van der Waals surface area contributed by atoms with Crippen molar-refractivity contribution in [3.63, 3.8) is 0 Å². The van der Waals surface area contributed by atoms with Crippen molar-refractivity contribution in [1.82, 2.24) is 0 Å². The second-order valence-corrected chi connectivity index (χ2v) is 3.20. The molecule has 1 aliphatic rings. The smallest absolute Gasteiger partial charge is 0.000178 e. The van der Waals surface area contributed by atoms with Gasteiger partial charge >= 0.3 is 0 Å². The summed E-state index contributed by atoms with van der Waals surface area (Å²) in [5, 5.41) is 0. The lowest BCUT2D eigenvalue weighted by Gasteiger charge is -1.71. The Bertz CT molecular complexity index is 40.8. The Kier molecular flexibility index (Phi) is 1.35. The lowest BCUT2D eigenvalue weighted by atomic mass is 10.4. The van der Waals surface area contributed by atoms with Crippen LogP contribution in [0.25, 0.3) is 0 Å². The molecule has 36 valence electrons. The van der Waals surface area contributed by atoms with E-state index >= 15 is 0 Å². The highest BCUT2D eigenvalue weighted by molar-refractivity contribution is 7.92. The Balaban J connectivity index is 2.18. The maximum atomic E-state index is 12.0. The molecule has 0 aromatic carbocycles. The number of hydrogen-bond acceptors (Lipinski definition) is 0. The minimum atomic E-state index is -0.673. The van der Waals surface area contributed by atoms with E-state index in [1.54, 1.807) is 0 Å². The van der Waals surface area contributed by atoms with Crippen molar-refractivity contribution in [3.8, 4) is 0 Å². The fraction of sp³-hybridized carbons (Fsp3) is 1.00. The van der Waals surface area contributed by atoms with Gasteiger partial charge in [0.05, 0.1) is 0 Å². The molecule has 1 rings (SSSR count). The summed E-state index contributed by atoms with van der Waals surface area (Å²) in [6.45, 7) is 0. The SMILES string of the molecule is F[S+]1CCCC1.